The van der Waals surface area contributed by atoms with Crippen LogP contribution in [0, 0.1) is 5.92 Å². The zero-order valence-electron chi connectivity index (χ0n) is 14.0. The highest BCUT2D eigenvalue weighted by molar-refractivity contribution is 5.90. The number of carboxylic acids is 1. The molecule has 0 aliphatic carbocycles. The molecular formula is C14H26N4O6. The summed E-state index contributed by atoms with van der Waals surface area (Å²) in [7, 11) is 0. The van der Waals surface area contributed by atoms with Gasteiger partial charge in [0.05, 0.1) is 25.2 Å². The Bertz CT molecular complexity index is 466. The van der Waals surface area contributed by atoms with Gasteiger partial charge >= 0.3 is 5.97 Å². The Balaban J connectivity index is 4.15. The van der Waals surface area contributed by atoms with Gasteiger partial charge in [0.15, 0.2) is 6.04 Å². The van der Waals surface area contributed by atoms with Crippen LogP contribution >= 0.6 is 0 Å². The van der Waals surface area contributed by atoms with Crippen molar-refractivity contribution in [3.63, 3.8) is 0 Å². The number of nitrogens with two attached hydrogens (primary N) is 1. The van der Waals surface area contributed by atoms with Crippen LogP contribution in [-0.2, 0) is 19.2 Å². The van der Waals surface area contributed by atoms with E-state index in [1.54, 1.807) is 0 Å². The van der Waals surface area contributed by atoms with Crippen molar-refractivity contribution in [3.8, 4) is 0 Å². The smallest absolute Gasteiger partial charge is 0.328 e. The van der Waals surface area contributed by atoms with E-state index in [1.807, 2.05) is 13.8 Å². The fourth-order valence-electron chi connectivity index (χ4n) is 1.77. The van der Waals surface area contributed by atoms with Crippen LogP contribution in [-0.4, -0.2) is 65.2 Å². The average molecular weight is 346 g/mol. The van der Waals surface area contributed by atoms with Gasteiger partial charge in [-0.05, 0) is 19.3 Å². The average Bonchev–Trinajstić information content (AvgIpc) is 2.46. The Morgan fingerprint density at radius 1 is 1.00 bits per heavy atom. The number of rotatable bonds is 10. The third-order valence-corrected chi connectivity index (χ3v) is 3.00. The summed E-state index contributed by atoms with van der Waals surface area (Å²) in [5.74, 6) is -3.03. The first-order chi connectivity index (χ1) is 11.0. The molecule has 3 atom stereocenters. The molecule has 0 saturated carbocycles. The zero-order valence-corrected chi connectivity index (χ0v) is 14.0. The lowest BCUT2D eigenvalue weighted by Gasteiger charge is -2.17. The molecule has 10 heteroatoms. The molecule has 0 aromatic carbocycles. The van der Waals surface area contributed by atoms with Crippen LogP contribution in [0.15, 0.2) is 0 Å². The number of hydrogen-bond acceptors (Lipinski definition) is 6. The van der Waals surface area contributed by atoms with Crippen LogP contribution in [0.5, 0.6) is 0 Å². The Hall–Kier alpha value is -2.20. The molecule has 7 N–H and O–H groups in total. The minimum atomic E-state index is -1.47. The Labute approximate surface area is 140 Å². The fraction of sp³-hybridized carbons (Fsp3) is 0.714. The summed E-state index contributed by atoms with van der Waals surface area (Å²) in [6.45, 7) is 4.21. The highest BCUT2D eigenvalue weighted by Crippen LogP contribution is 2.02. The minimum absolute atomic E-state index is 0.236. The second kappa shape index (κ2) is 10.6. The van der Waals surface area contributed by atoms with Crippen LogP contribution in [0.2, 0.25) is 0 Å². The summed E-state index contributed by atoms with van der Waals surface area (Å²) in [5.41, 5.74) is 5.65. The van der Waals surface area contributed by atoms with E-state index < -0.39 is 48.4 Å². The van der Waals surface area contributed by atoms with Crippen molar-refractivity contribution in [2.24, 2.45) is 11.7 Å². The molecule has 0 fully saturated rings. The molecule has 0 bridgehead atoms. The van der Waals surface area contributed by atoms with Crippen molar-refractivity contribution in [2.45, 2.75) is 45.4 Å². The fourth-order valence-corrected chi connectivity index (χ4v) is 1.77. The number of aliphatic hydroxyl groups excluding tert-OH is 1. The molecule has 0 aromatic heterocycles. The normalized spacial score (nSPS) is 14.4. The third-order valence-electron chi connectivity index (χ3n) is 3.00. The Kier molecular flexibility index (Phi) is 9.58. The maximum absolute atomic E-state index is 11.6. The first kappa shape index (κ1) is 21.8. The highest BCUT2D eigenvalue weighted by atomic mass is 16.4. The maximum Gasteiger partial charge on any atom is 0.328 e. The van der Waals surface area contributed by atoms with Gasteiger partial charge in [-0.3, -0.25) is 14.4 Å². The molecule has 0 aliphatic rings. The number of amides is 3. The SMILES string of the molecule is CC(C)CC(N)C(=O)NCC(=O)NCC(=O)NC(C(=O)O)C(C)O. The number of nitrogens with one attached hydrogen (secondary N) is 3. The summed E-state index contributed by atoms with van der Waals surface area (Å²) < 4.78 is 0. The Morgan fingerprint density at radius 2 is 1.54 bits per heavy atom. The Morgan fingerprint density at radius 3 is 2.00 bits per heavy atom. The molecule has 24 heavy (non-hydrogen) atoms. The van der Waals surface area contributed by atoms with Crippen molar-refractivity contribution in [1.82, 2.24) is 16.0 Å². The number of carboxylic acid groups (broad SMARTS) is 1. The van der Waals surface area contributed by atoms with Gasteiger partial charge in [-0.2, -0.15) is 0 Å². The van der Waals surface area contributed by atoms with Crippen molar-refractivity contribution >= 4 is 23.7 Å². The number of aliphatic hydroxyl groups is 1. The quantitative estimate of drug-likeness (QED) is 0.255. The predicted octanol–water partition coefficient (Wildman–Crippen LogP) is -2.46. The summed E-state index contributed by atoms with van der Waals surface area (Å²) >= 11 is 0. The largest absolute Gasteiger partial charge is 0.480 e. The zero-order chi connectivity index (χ0) is 18.9. The second-order valence-corrected chi connectivity index (χ2v) is 5.85. The van der Waals surface area contributed by atoms with E-state index in [9.17, 15) is 24.3 Å². The van der Waals surface area contributed by atoms with Gasteiger partial charge in [0.25, 0.3) is 0 Å². The van der Waals surface area contributed by atoms with Crippen LogP contribution in [0.4, 0.5) is 0 Å². The molecule has 0 spiro atoms. The summed E-state index contributed by atoms with van der Waals surface area (Å²) in [4.78, 5) is 45.5. The van der Waals surface area contributed by atoms with Gasteiger partial charge in [0.2, 0.25) is 17.7 Å². The van der Waals surface area contributed by atoms with E-state index in [0.717, 1.165) is 0 Å². The van der Waals surface area contributed by atoms with Crippen molar-refractivity contribution < 1.29 is 29.4 Å². The van der Waals surface area contributed by atoms with Gasteiger partial charge < -0.3 is 31.9 Å². The highest BCUT2D eigenvalue weighted by Gasteiger charge is 2.25. The van der Waals surface area contributed by atoms with Crippen LogP contribution in [0.1, 0.15) is 27.2 Å². The van der Waals surface area contributed by atoms with E-state index in [4.69, 9.17) is 10.8 Å². The summed E-state index contributed by atoms with van der Waals surface area (Å²) in [6.07, 6.45) is -0.810. The first-order valence-electron chi connectivity index (χ1n) is 7.54. The molecule has 0 radical (unpaired) electrons. The molecular weight excluding hydrogens is 320 g/mol. The van der Waals surface area contributed by atoms with Crippen molar-refractivity contribution in [1.29, 1.82) is 0 Å². The summed E-state index contributed by atoms with van der Waals surface area (Å²) in [6, 6.07) is -2.19. The lowest BCUT2D eigenvalue weighted by Crippen LogP contribution is -2.51. The molecule has 0 rings (SSSR count). The maximum atomic E-state index is 11.6. The van der Waals surface area contributed by atoms with Gasteiger partial charge in [0, 0.05) is 0 Å². The van der Waals surface area contributed by atoms with Crippen LogP contribution < -0.4 is 21.7 Å². The van der Waals surface area contributed by atoms with E-state index in [-0.39, 0.29) is 12.5 Å². The van der Waals surface area contributed by atoms with E-state index in [2.05, 4.69) is 16.0 Å². The molecule has 3 amide bonds. The molecule has 0 aromatic rings. The molecule has 0 saturated heterocycles. The molecule has 3 unspecified atom stereocenters. The number of aliphatic carboxylic acids is 1. The van der Waals surface area contributed by atoms with Crippen molar-refractivity contribution in [3.05, 3.63) is 0 Å². The van der Waals surface area contributed by atoms with Gasteiger partial charge in [-0.1, -0.05) is 13.8 Å². The number of hydrogen-bond donors (Lipinski definition) is 6. The standard InChI is InChI=1S/C14H26N4O6/c1-7(2)4-9(15)13(22)17-5-10(20)16-6-11(21)18-12(8(3)19)14(23)24/h7-9,12,19H,4-6,15H2,1-3H3,(H,16,20)(H,17,22)(H,18,21)(H,23,24). The third kappa shape index (κ3) is 9.06. The van der Waals surface area contributed by atoms with E-state index in [1.165, 1.54) is 6.92 Å². The van der Waals surface area contributed by atoms with Gasteiger partial charge in [-0.15, -0.1) is 0 Å². The molecule has 138 valence electrons. The van der Waals surface area contributed by atoms with Crippen LogP contribution in [0.25, 0.3) is 0 Å². The monoisotopic (exact) mass is 346 g/mol. The predicted molar refractivity (Wildman–Crippen MR) is 84.7 cm³/mol. The topological polar surface area (TPSA) is 171 Å². The lowest BCUT2D eigenvalue weighted by atomic mass is 10.0. The van der Waals surface area contributed by atoms with Gasteiger partial charge in [0.1, 0.15) is 0 Å². The van der Waals surface area contributed by atoms with Crippen LogP contribution in [0.3, 0.4) is 0 Å². The first-order valence-corrected chi connectivity index (χ1v) is 7.54. The second-order valence-electron chi connectivity index (χ2n) is 5.85. The van der Waals surface area contributed by atoms with Gasteiger partial charge in [-0.25, -0.2) is 4.79 Å². The molecule has 10 nitrogen and oxygen atoms in total. The van der Waals surface area contributed by atoms with E-state index in [0.29, 0.717) is 6.42 Å². The lowest BCUT2D eigenvalue weighted by molar-refractivity contribution is -0.144. The molecule has 0 heterocycles. The van der Waals surface area contributed by atoms with E-state index >= 15 is 0 Å². The number of carbonyl (C=O) groups is 4. The van der Waals surface area contributed by atoms with Crippen molar-refractivity contribution in [2.75, 3.05) is 13.1 Å². The number of carbonyl (C=O) groups excluding carboxylic acids is 3. The summed E-state index contributed by atoms with van der Waals surface area (Å²) in [5, 5.41) is 24.7. The minimum Gasteiger partial charge on any atom is -0.480 e. The molecule has 0 aliphatic heterocycles.